The summed E-state index contributed by atoms with van der Waals surface area (Å²) < 4.78 is 20.1. The fraction of sp³-hybridized carbons (Fsp3) is 0.0741. The number of rotatable bonds is 6. The molecule has 32 heavy (non-hydrogen) atoms. The van der Waals surface area contributed by atoms with Crippen LogP contribution in [-0.2, 0) is 10.9 Å². The van der Waals surface area contributed by atoms with Crippen molar-refractivity contribution < 1.29 is 13.9 Å². The van der Waals surface area contributed by atoms with Crippen molar-refractivity contribution in [1.82, 2.24) is 0 Å². The second-order valence-electron chi connectivity index (χ2n) is 7.65. The molecule has 0 aliphatic heterocycles. The number of hydrogen-bond donors (Lipinski definition) is 0. The summed E-state index contributed by atoms with van der Waals surface area (Å²) in [5.41, 5.74) is 0.728. The summed E-state index contributed by atoms with van der Waals surface area (Å²) in [5, 5.41) is 0.0000906. The molecule has 0 bridgehead atoms. The summed E-state index contributed by atoms with van der Waals surface area (Å²) in [6.45, 7) is 0. The molecule has 0 spiro atoms. The van der Waals surface area contributed by atoms with E-state index in [4.69, 9.17) is 4.74 Å². The molecule has 5 heteroatoms. The molecular weight excluding hydrogens is 486 g/mol. The quantitative estimate of drug-likeness (QED) is 0.237. The van der Waals surface area contributed by atoms with E-state index in [0.717, 1.165) is 15.9 Å². The minimum absolute atomic E-state index is 0.197. The second kappa shape index (κ2) is 8.97. The van der Waals surface area contributed by atoms with E-state index < -0.39 is 17.1 Å². The molecule has 2 nitrogen and oxygen atoms in total. The first kappa shape index (κ1) is 22.4. The molecule has 0 N–H and O–H groups in total. The topological polar surface area (TPSA) is 26.3 Å². The van der Waals surface area contributed by atoms with Gasteiger partial charge < -0.3 is 0 Å². The molecule has 0 atom stereocenters. The molecule has 0 saturated carbocycles. The molecule has 4 aromatic rings. The Morgan fingerprint density at radius 1 is 0.781 bits per heavy atom. The molecule has 0 aliphatic rings. The zero-order valence-corrected chi connectivity index (χ0v) is 20.1. The molecule has 4 aromatic carbocycles. The van der Waals surface area contributed by atoms with Gasteiger partial charge in [0, 0.05) is 0 Å². The summed E-state index contributed by atoms with van der Waals surface area (Å²) in [6, 6.07) is 35.2. The van der Waals surface area contributed by atoms with Crippen LogP contribution in [0.5, 0.6) is 0 Å². The second-order valence-corrected chi connectivity index (χ2v) is 16.6. The molecular formula is C27H23BrFO2P. The van der Waals surface area contributed by atoms with Gasteiger partial charge in [0.2, 0.25) is 0 Å². The maximum atomic E-state index is 15.4. The molecule has 0 heterocycles. The predicted octanol–water partition coefficient (Wildman–Crippen LogP) is 5.95. The fourth-order valence-electron chi connectivity index (χ4n) is 4.18. The van der Waals surface area contributed by atoms with Crippen LogP contribution in [0.25, 0.3) is 0 Å². The Kier molecular flexibility index (Phi) is 6.28. The Labute approximate surface area is 195 Å². The van der Waals surface area contributed by atoms with Gasteiger partial charge in [-0.05, 0) is 0 Å². The molecule has 0 saturated heterocycles. The van der Waals surface area contributed by atoms with E-state index in [1.165, 1.54) is 13.2 Å². The minimum atomic E-state index is -3.31. The van der Waals surface area contributed by atoms with Crippen LogP contribution in [0.3, 0.4) is 0 Å². The van der Waals surface area contributed by atoms with Gasteiger partial charge in [-0.15, -0.1) is 0 Å². The van der Waals surface area contributed by atoms with Crippen LogP contribution in [0.15, 0.2) is 109 Å². The molecule has 0 aliphatic carbocycles. The van der Waals surface area contributed by atoms with E-state index in [0.29, 0.717) is 11.7 Å². The first-order valence-corrected chi connectivity index (χ1v) is 14.7. The molecule has 0 radical (unpaired) electrons. The van der Waals surface area contributed by atoms with E-state index in [-0.39, 0.29) is 5.56 Å². The zero-order chi connectivity index (χ0) is 22.6. The average molecular weight is 509 g/mol. The maximum absolute atomic E-state index is 15.4. The van der Waals surface area contributed by atoms with Crippen molar-refractivity contribution in [3.05, 3.63) is 126 Å². The summed E-state index contributed by atoms with van der Waals surface area (Å²) >= 11 is 4.32. The summed E-state index contributed by atoms with van der Waals surface area (Å²) in [6.07, 6.45) is 0.414. The van der Waals surface area contributed by atoms with Gasteiger partial charge >= 0.3 is 196 Å². The van der Waals surface area contributed by atoms with E-state index >= 15 is 4.39 Å². The van der Waals surface area contributed by atoms with E-state index in [2.05, 4.69) is 51.9 Å². The van der Waals surface area contributed by atoms with Crippen LogP contribution in [0.4, 0.5) is 4.39 Å². The fourth-order valence-corrected chi connectivity index (χ4v) is 11.8. The van der Waals surface area contributed by atoms with Crippen LogP contribution in [0.2, 0.25) is 0 Å². The van der Waals surface area contributed by atoms with Gasteiger partial charge in [0.15, 0.2) is 0 Å². The number of carbonyl (C=O) groups is 1. The number of esters is 1. The van der Waals surface area contributed by atoms with Crippen molar-refractivity contribution in [1.29, 1.82) is 0 Å². The first-order chi connectivity index (χ1) is 15.5. The Bertz CT molecular complexity index is 1130. The Morgan fingerprint density at radius 2 is 1.22 bits per heavy atom. The summed E-state index contributed by atoms with van der Waals surface area (Å²) in [4.78, 5) is 11.9. The monoisotopic (exact) mass is 508 g/mol. The predicted molar refractivity (Wildman–Crippen MR) is 136 cm³/mol. The Balaban J connectivity index is 2.02. The van der Waals surface area contributed by atoms with Crippen molar-refractivity contribution >= 4 is 42.7 Å². The summed E-state index contributed by atoms with van der Waals surface area (Å²) in [5.74, 6) is -0.981. The average Bonchev–Trinajstić information content (AvgIpc) is 2.86. The van der Waals surface area contributed by atoms with Gasteiger partial charge in [-0.1, -0.05) is 0 Å². The van der Waals surface area contributed by atoms with Crippen molar-refractivity contribution in [3.63, 3.8) is 0 Å². The van der Waals surface area contributed by atoms with Gasteiger partial charge in [0.05, 0.1) is 0 Å². The van der Waals surface area contributed by atoms with E-state index in [1.54, 1.807) is 12.1 Å². The SMILES string of the molecule is COC(=O)c1ccc(CP(Br)(c2ccccc2)(c2ccccc2)c2ccccc2)c(F)c1. The van der Waals surface area contributed by atoms with Crippen LogP contribution < -0.4 is 15.9 Å². The molecule has 0 aromatic heterocycles. The molecule has 0 fully saturated rings. The van der Waals surface area contributed by atoms with Gasteiger partial charge in [-0.3, -0.25) is 0 Å². The third-order valence-corrected chi connectivity index (χ3v) is 15.3. The van der Waals surface area contributed by atoms with Crippen molar-refractivity contribution in [2.45, 2.75) is 6.16 Å². The van der Waals surface area contributed by atoms with Crippen LogP contribution in [0.1, 0.15) is 15.9 Å². The third kappa shape index (κ3) is 3.79. The normalized spacial score (nSPS) is 12.5. The standard InChI is InChI=1S/C27H23BrFO2P/c1-31-27(30)21-17-18-22(26(29)19-21)20-32(28,23-11-5-2-6-12-23,24-13-7-3-8-14-24)25-15-9-4-10-16-25/h2-19H,20H2,1H3. The number of halogens is 2. The zero-order valence-electron chi connectivity index (χ0n) is 17.6. The van der Waals surface area contributed by atoms with Gasteiger partial charge in [-0.2, -0.15) is 0 Å². The Hall–Kier alpha value is -2.81. The number of methoxy groups -OCH3 is 1. The molecule has 162 valence electrons. The summed E-state index contributed by atoms with van der Waals surface area (Å²) in [7, 11) is 1.29. The van der Waals surface area contributed by atoms with Crippen molar-refractivity contribution in [3.8, 4) is 0 Å². The Morgan fingerprint density at radius 3 is 1.59 bits per heavy atom. The van der Waals surface area contributed by atoms with Crippen molar-refractivity contribution in [2.75, 3.05) is 7.11 Å². The number of ether oxygens (including phenoxy) is 1. The molecule has 4 rings (SSSR count). The number of benzene rings is 4. The van der Waals surface area contributed by atoms with Gasteiger partial charge in [0.1, 0.15) is 0 Å². The first-order valence-electron chi connectivity index (χ1n) is 10.2. The molecule has 0 unspecified atom stereocenters. The van der Waals surface area contributed by atoms with Crippen LogP contribution in [0, 0.1) is 5.82 Å². The van der Waals surface area contributed by atoms with Crippen LogP contribution >= 0.6 is 20.8 Å². The van der Waals surface area contributed by atoms with E-state index in [9.17, 15) is 4.79 Å². The third-order valence-electron chi connectivity index (χ3n) is 5.83. The van der Waals surface area contributed by atoms with E-state index in [1.807, 2.05) is 54.6 Å². The number of carbonyl (C=O) groups excluding carboxylic acids is 1. The number of hydrogen-bond acceptors (Lipinski definition) is 2. The molecule has 0 amide bonds. The van der Waals surface area contributed by atoms with Crippen LogP contribution in [-0.4, -0.2) is 13.1 Å². The van der Waals surface area contributed by atoms with Gasteiger partial charge in [-0.25, -0.2) is 0 Å². The van der Waals surface area contributed by atoms with Crippen molar-refractivity contribution in [2.24, 2.45) is 0 Å². The van der Waals surface area contributed by atoms with Gasteiger partial charge in [0.25, 0.3) is 0 Å².